The zero-order chi connectivity index (χ0) is 27.0. The van der Waals surface area contributed by atoms with Gasteiger partial charge in [-0.2, -0.15) is 5.26 Å². The third-order valence-electron chi connectivity index (χ3n) is 6.76. The van der Waals surface area contributed by atoms with Crippen LogP contribution in [0.1, 0.15) is 18.4 Å². The monoisotopic (exact) mass is 520 g/mol. The summed E-state index contributed by atoms with van der Waals surface area (Å²) in [5, 5.41) is 13.4. The predicted molar refractivity (Wildman–Crippen MR) is 137 cm³/mol. The smallest absolute Gasteiger partial charge is 0.328 e. The Balaban J connectivity index is 1.14. The van der Waals surface area contributed by atoms with Crippen molar-refractivity contribution in [1.82, 2.24) is 20.6 Å². The number of nitrogens with one attached hydrogen (secondary N) is 2. The van der Waals surface area contributed by atoms with Gasteiger partial charge >= 0.3 is 6.03 Å². The van der Waals surface area contributed by atoms with Crippen molar-refractivity contribution in [3.63, 3.8) is 0 Å². The first-order chi connectivity index (χ1) is 19.0. The van der Waals surface area contributed by atoms with E-state index in [0.717, 1.165) is 11.1 Å². The van der Waals surface area contributed by atoms with Gasteiger partial charge in [-0.25, -0.2) is 14.8 Å². The molecule has 0 bridgehead atoms. The number of hydrogen-bond acceptors (Lipinski definition) is 9. The van der Waals surface area contributed by atoms with Crippen LogP contribution in [0.15, 0.2) is 77.5 Å². The number of oxazole rings is 1. The fourth-order valence-corrected chi connectivity index (χ4v) is 4.82. The summed E-state index contributed by atoms with van der Waals surface area (Å²) in [6.45, 7) is 0.464. The molecule has 2 aromatic carbocycles. The molecule has 2 saturated heterocycles. The Morgan fingerprint density at radius 3 is 2.33 bits per heavy atom. The zero-order valence-corrected chi connectivity index (χ0v) is 20.4. The van der Waals surface area contributed by atoms with Crippen LogP contribution < -0.4 is 20.3 Å². The number of ether oxygens (including phenoxy) is 1. The number of pyridine rings is 1. The number of benzene rings is 2. The number of nitrogens with zero attached hydrogens (tertiary/aromatic N) is 4. The van der Waals surface area contributed by atoms with Crippen LogP contribution in [0.3, 0.4) is 0 Å². The molecule has 2 aromatic heterocycles. The first-order valence-corrected chi connectivity index (χ1v) is 12.1. The van der Waals surface area contributed by atoms with E-state index in [1.54, 1.807) is 47.6 Å². The molecule has 4 heterocycles. The average Bonchev–Trinajstić information content (AvgIpc) is 3.62. The van der Waals surface area contributed by atoms with Crippen molar-refractivity contribution in [2.24, 2.45) is 0 Å². The van der Waals surface area contributed by atoms with Crippen molar-refractivity contribution < 1.29 is 23.5 Å². The van der Waals surface area contributed by atoms with Gasteiger partial charge in [-0.1, -0.05) is 12.1 Å². The van der Waals surface area contributed by atoms with Gasteiger partial charge < -0.3 is 14.1 Å². The molecule has 192 valence electrons. The average molecular weight is 521 g/mol. The number of carbonyl (C=O) groups excluding carboxylic acids is 3. The number of barbiturate groups is 1. The van der Waals surface area contributed by atoms with Crippen LogP contribution in [-0.2, 0) is 9.59 Å². The van der Waals surface area contributed by atoms with E-state index in [-0.39, 0.29) is 0 Å². The van der Waals surface area contributed by atoms with Gasteiger partial charge in [-0.3, -0.25) is 20.2 Å². The molecule has 2 aliphatic heterocycles. The van der Waals surface area contributed by atoms with Gasteiger partial charge in [0.25, 0.3) is 11.8 Å². The Kier molecular flexibility index (Phi) is 5.77. The Labute approximate surface area is 222 Å². The van der Waals surface area contributed by atoms with Gasteiger partial charge in [0.1, 0.15) is 17.7 Å². The van der Waals surface area contributed by atoms with Crippen LogP contribution in [0.2, 0.25) is 0 Å². The Morgan fingerprint density at radius 2 is 1.67 bits per heavy atom. The zero-order valence-electron chi connectivity index (χ0n) is 20.4. The van der Waals surface area contributed by atoms with Gasteiger partial charge in [0.15, 0.2) is 5.54 Å². The number of amides is 4. The minimum atomic E-state index is -1.48. The van der Waals surface area contributed by atoms with Crippen molar-refractivity contribution in [3.8, 4) is 40.4 Å². The number of carbonyl (C=O) groups is 3. The maximum Gasteiger partial charge on any atom is 0.328 e. The van der Waals surface area contributed by atoms with E-state index in [0.29, 0.717) is 53.9 Å². The highest BCUT2D eigenvalue weighted by atomic mass is 16.5. The molecule has 0 aliphatic carbocycles. The number of nitriles is 1. The van der Waals surface area contributed by atoms with Crippen LogP contribution in [0, 0.1) is 11.3 Å². The van der Waals surface area contributed by atoms with E-state index in [4.69, 9.17) is 14.4 Å². The molecule has 2 fully saturated rings. The highest BCUT2D eigenvalue weighted by molar-refractivity contribution is 6.24. The van der Waals surface area contributed by atoms with Crippen molar-refractivity contribution in [2.45, 2.75) is 18.4 Å². The standard InChI is InChI=1S/C28H20N6O5/c29-14-17-2-4-18(5-3-17)22-16-38-24(31-22)19-6-9-21(10-7-19)39-23-11-8-20(15-30-23)34-13-1-12-28(34)25(35)32-27(37)33-26(28)36/h2-11,15-16H,1,12-13H2,(H2,32,33,35,36,37). The molecule has 0 radical (unpaired) electrons. The lowest BCUT2D eigenvalue weighted by atomic mass is 9.92. The summed E-state index contributed by atoms with van der Waals surface area (Å²) in [5.41, 5.74) is 1.92. The predicted octanol–water partition coefficient (Wildman–Crippen LogP) is 3.77. The minimum Gasteiger partial charge on any atom is -0.444 e. The molecule has 0 unspecified atom stereocenters. The summed E-state index contributed by atoms with van der Waals surface area (Å²) in [7, 11) is 0. The largest absolute Gasteiger partial charge is 0.444 e. The molecule has 4 aromatic rings. The minimum absolute atomic E-state index is 0.294. The number of rotatable bonds is 5. The van der Waals surface area contributed by atoms with Gasteiger partial charge in [-0.05, 0) is 55.3 Å². The Hall–Kier alpha value is -5.50. The molecule has 11 heteroatoms. The summed E-state index contributed by atoms with van der Waals surface area (Å²) in [6.07, 6.45) is 4.00. The van der Waals surface area contributed by atoms with E-state index < -0.39 is 23.4 Å². The third-order valence-corrected chi connectivity index (χ3v) is 6.76. The molecule has 39 heavy (non-hydrogen) atoms. The van der Waals surface area contributed by atoms with Crippen molar-refractivity contribution >= 4 is 23.5 Å². The van der Waals surface area contributed by atoms with Crippen LogP contribution in [0.5, 0.6) is 11.6 Å². The normalized spacial score (nSPS) is 16.1. The van der Waals surface area contributed by atoms with Gasteiger partial charge in [-0.15, -0.1) is 0 Å². The lowest BCUT2D eigenvalue weighted by Gasteiger charge is -2.38. The molecule has 4 amide bonds. The third kappa shape index (κ3) is 4.23. The Morgan fingerprint density at radius 1 is 0.949 bits per heavy atom. The molecule has 0 saturated carbocycles. The second-order valence-corrected chi connectivity index (χ2v) is 9.06. The second kappa shape index (κ2) is 9.42. The molecular formula is C28H20N6O5. The number of urea groups is 1. The van der Waals surface area contributed by atoms with Crippen LogP contribution in [0.25, 0.3) is 22.7 Å². The van der Waals surface area contributed by atoms with Crippen LogP contribution >= 0.6 is 0 Å². The highest BCUT2D eigenvalue weighted by Gasteiger charge is 2.57. The fraction of sp³-hybridized carbons (Fsp3) is 0.143. The van der Waals surface area contributed by atoms with E-state index in [2.05, 4.69) is 26.7 Å². The summed E-state index contributed by atoms with van der Waals surface area (Å²) in [6, 6.07) is 18.9. The molecule has 6 rings (SSSR count). The Bertz CT molecular complexity index is 1600. The van der Waals surface area contributed by atoms with Gasteiger partial charge in [0.05, 0.1) is 23.5 Å². The van der Waals surface area contributed by atoms with Crippen LogP contribution in [0.4, 0.5) is 10.5 Å². The van der Waals surface area contributed by atoms with E-state index in [9.17, 15) is 14.4 Å². The summed E-state index contributed by atoms with van der Waals surface area (Å²) >= 11 is 0. The summed E-state index contributed by atoms with van der Waals surface area (Å²) in [5.74, 6) is 0.0423. The maximum absolute atomic E-state index is 12.7. The molecular weight excluding hydrogens is 500 g/mol. The SMILES string of the molecule is N#Cc1ccc(-c2coc(-c3ccc(Oc4ccc(N5CCCC56C(=O)NC(=O)NC6=O)cn4)cc3)n2)cc1. The molecule has 11 nitrogen and oxygen atoms in total. The summed E-state index contributed by atoms with van der Waals surface area (Å²) in [4.78, 5) is 47.4. The maximum atomic E-state index is 12.7. The lowest BCUT2D eigenvalue weighted by molar-refractivity contribution is -0.137. The van der Waals surface area contributed by atoms with Crippen molar-refractivity contribution in [2.75, 3.05) is 11.4 Å². The second-order valence-electron chi connectivity index (χ2n) is 9.06. The van der Waals surface area contributed by atoms with Crippen LogP contribution in [-0.4, -0.2) is 39.9 Å². The van der Waals surface area contributed by atoms with Gasteiger partial charge in [0, 0.05) is 23.7 Å². The first kappa shape index (κ1) is 23.9. The quantitative estimate of drug-likeness (QED) is 0.375. The summed E-state index contributed by atoms with van der Waals surface area (Å²) < 4.78 is 11.5. The number of aromatic nitrogens is 2. The lowest BCUT2D eigenvalue weighted by Crippen LogP contribution is -2.71. The molecule has 0 atom stereocenters. The number of imide groups is 2. The van der Waals surface area contributed by atoms with Gasteiger partial charge in [0.2, 0.25) is 11.8 Å². The highest BCUT2D eigenvalue weighted by Crippen LogP contribution is 2.36. The topological polar surface area (TPSA) is 150 Å². The van der Waals surface area contributed by atoms with E-state index >= 15 is 0 Å². The van der Waals surface area contributed by atoms with E-state index in [1.807, 2.05) is 24.3 Å². The fourth-order valence-electron chi connectivity index (χ4n) is 4.82. The van der Waals surface area contributed by atoms with E-state index in [1.165, 1.54) is 6.20 Å². The number of hydrogen-bond donors (Lipinski definition) is 2. The molecule has 1 spiro atoms. The van der Waals surface area contributed by atoms with Crippen molar-refractivity contribution in [3.05, 3.63) is 78.7 Å². The number of anilines is 1. The van der Waals surface area contributed by atoms with Crippen molar-refractivity contribution in [1.29, 1.82) is 5.26 Å². The molecule has 2 N–H and O–H groups in total. The molecule has 2 aliphatic rings. The first-order valence-electron chi connectivity index (χ1n) is 12.1.